The summed E-state index contributed by atoms with van der Waals surface area (Å²) in [6, 6.07) is 0. The maximum absolute atomic E-state index is 12.9. The summed E-state index contributed by atoms with van der Waals surface area (Å²) in [6.45, 7) is 4.61. The molecular weight excluding hydrogens is 1050 g/mol. The number of hydrogen-bond acceptors (Lipinski definition) is 8. The fourth-order valence-electron chi connectivity index (χ4n) is 9.15. The van der Waals surface area contributed by atoms with Gasteiger partial charge in [0.2, 0.25) is 0 Å². The first-order valence-corrected chi connectivity index (χ1v) is 34.3. The van der Waals surface area contributed by atoms with Gasteiger partial charge in [0.05, 0.1) is 40.3 Å². The van der Waals surface area contributed by atoms with Crippen LogP contribution < -0.4 is 5.11 Å². The Balaban J connectivity index is 4.11. The van der Waals surface area contributed by atoms with E-state index in [0.29, 0.717) is 17.4 Å². The van der Waals surface area contributed by atoms with Gasteiger partial charge in [0.25, 0.3) is 0 Å². The number of hydrogen-bond donors (Lipinski definition) is 0. The molecule has 2 unspecified atom stereocenters. The molecule has 0 aromatic carbocycles. The third-order valence-electron chi connectivity index (χ3n) is 14.4. The van der Waals surface area contributed by atoms with E-state index < -0.39 is 24.3 Å². The number of unbranched alkanes of at least 4 members (excludes halogenated alkanes) is 25. The van der Waals surface area contributed by atoms with Crippen molar-refractivity contribution in [3.8, 4) is 0 Å². The van der Waals surface area contributed by atoms with Gasteiger partial charge in [0, 0.05) is 12.8 Å². The summed E-state index contributed by atoms with van der Waals surface area (Å²) in [7, 11) is 5.92. The van der Waals surface area contributed by atoms with Crippen LogP contribution in [-0.2, 0) is 33.3 Å². The standard InChI is InChI=1S/C76H127NO8/c1-6-8-10-12-14-16-18-20-22-24-26-27-28-29-30-31-32-33-34-35-36-37-38-39-40-41-42-43-44-45-46-47-49-51-53-55-57-59-61-63-65-67-74(79)85-72(71-84-76(75(80)81)82-69-68-77(3,4)5)70-83-73(78)66-64-62-60-58-56-54-52-50-48-25-23-21-19-17-15-13-11-9-7-2/h8,10,14-17,20-23,26-27,29-30,32-33,35-36,38-39,41-42,72,76H,6-7,9,11-13,18-19,24-25,28,31,34,37,40,43-71H2,1-5H3/b10-8-,16-14-,17-15-,22-20-,23-21-,27-26-,30-29-,33-32-,36-35-,39-38-,42-41-. The van der Waals surface area contributed by atoms with Crippen molar-refractivity contribution in [3.05, 3.63) is 134 Å². The van der Waals surface area contributed by atoms with Crippen LogP contribution in [0.15, 0.2) is 134 Å². The smallest absolute Gasteiger partial charge is 0.306 e. The zero-order chi connectivity index (χ0) is 61.9. The van der Waals surface area contributed by atoms with Crippen molar-refractivity contribution < 1.29 is 42.9 Å². The topological polar surface area (TPSA) is 111 Å². The van der Waals surface area contributed by atoms with Crippen LogP contribution in [0, 0.1) is 0 Å². The first kappa shape index (κ1) is 80.4. The number of carbonyl (C=O) groups excluding carboxylic acids is 3. The molecule has 0 spiro atoms. The number of carbonyl (C=O) groups is 3. The first-order valence-electron chi connectivity index (χ1n) is 34.3. The summed E-state index contributed by atoms with van der Waals surface area (Å²) >= 11 is 0. The highest BCUT2D eigenvalue weighted by molar-refractivity contribution is 5.70. The number of aliphatic carboxylic acids is 1. The monoisotopic (exact) mass is 1180 g/mol. The Morgan fingerprint density at radius 1 is 0.365 bits per heavy atom. The number of esters is 2. The van der Waals surface area contributed by atoms with E-state index >= 15 is 0 Å². The summed E-state index contributed by atoms with van der Waals surface area (Å²) in [4.78, 5) is 37.4. The Hall–Kier alpha value is -4.57. The van der Waals surface area contributed by atoms with E-state index in [1.165, 1.54) is 128 Å². The van der Waals surface area contributed by atoms with Crippen LogP contribution in [0.1, 0.15) is 271 Å². The second-order valence-corrected chi connectivity index (χ2v) is 23.7. The highest BCUT2D eigenvalue weighted by atomic mass is 16.7. The SMILES string of the molecule is CC/C=C\C/C=C\C/C=C\C/C=C\C/C=C\C/C=C\C/C=C\C/C=C\C/C=C\CCCCCCCCCCCCCCCC(=O)OC(COC(=O)CCCCCCCCCCC/C=C\C/C=C\CCCCC)COC(OCC[N+](C)(C)C)C(=O)[O-]. The van der Waals surface area contributed by atoms with Gasteiger partial charge in [0.15, 0.2) is 12.4 Å². The number of allylic oxidation sites excluding steroid dienone is 22. The van der Waals surface area contributed by atoms with Crippen molar-refractivity contribution in [3.63, 3.8) is 0 Å². The molecule has 0 bridgehead atoms. The van der Waals surface area contributed by atoms with Crippen LogP contribution in [-0.4, -0.2) is 82.3 Å². The number of nitrogens with zero attached hydrogens (tertiary/aromatic N) is 1. The van der Waals surface area contributed by atoms with Gasteiger partial charge in [0.1, 0.15) is 13.2 Å². The van der Waals surface area contributed by atoms with Crippen LogP contribution in [0.25, 0.3) is 0 Å². The maximum atomic E-state index is 12.9. The lowest BCUT2D eigenvalue weighted by atomic mass is 10.0. The number of carboxylic acids is 1. The molecule has 0 radical (unpaired) electrons. The van der Waals surface area contributed by atoms with Gasteiger partial charge in [-0.3, -0.25) is 9.59 Å². The number of likely N-dealkylation sites (N-methyl/N-ethyl adjacent to an activating group) is 1. The van der Waals surface area contributed by atoms with E-state index in [-0.39, 0.29) is 38.6 Å². The number of ether oxygens (including phenoxy) is 4. The fraction of sp³-hybridized carbons (Fsp3) is 0.671. The van der Waals surface area contributed by atoms with Gasteiger partial charge < -0.3 is 33.3 Å². The first-order chi connectivity index (χ1) is 41.6. The molecule has 0 aromatic heterocycles. The summed E-state index contributed by atoms with van der Waals surface area (Å²) in [5.41, 5.74) is 0. The molecule has 0 aliphatic rings. The average Bonchev–Trinajstić information content (AvgIpc) is 3.49. The lowest BCUT2D eigenvalue weighted by molar-refractivity contribution is -0.870. The normalized spacial score (nSPS) is 13.6. The van der Waals surface area contributed by atoms with Crippen LogP contribution in [0.2, 0.25) is 0 Å². The molecule has 2 atom stereocenters. The fourth-order valence-corrected chi connectivity index (χ4v) is 9.15. The highest BCUT2D eigenvalue weighted by Crippen LogP contribution is 2.16. The van der Waals surface area contributed by atoms with Crippen LogP contribution >= 0.6 is 0 Å². The number of rotatable bonds is 62. The van der Waals surface area contributed by atoms with E-state index in [9.17, 15) is 19.5 Å². The summed E-state index contributed by atoms with van der Waals surface area (Å²) in [5.74, 6) is -2.29. The molecule has 0 saturated heterocycles. The number of carboxylic acid groups (broad SMARTS) is 1. The maximum Gasteiger partial charge on any atom is 0.306 e. The van der Waals surface area contributed by atoms with Gasteiger partial charge in [-0.2, -0.15) is 0 Å². The molecule has 0 amide bonds. The Labute approximate surface area is 522 Å². The molecule has 0 aliphatic heterocycles. The Bertz CT molecular complexity index is 1860. The minimum atomic E-state index is -1.63. The molecular formula is C76H127NO8. The summed E-state index contributed by atoms with van der Waals surface area (Å²) < 4.78 is 22.8. The molecule has 0 saturated carbocycles. The third kappa shape index (κ3) is 66.8. The second kappa shape index (κ2) is 65.4. The minimum Gasteiger partial charge on any atom is -0.545 e. The summed E-state index contributed by atoms with van der Waals surface area (Å²) in [5, 5.41) is 11.8. The zero-order valence-electron chi connectivity index (χ0n) is 55.2. The van der Waals surface area contributed by atoms with Crippen LogP contribution in [0.5, 0.6) is 0 Å². The van der Waals surface area contributed by atoms with E-state index in [4.69, 9.17) is 18.9 Å². The molecule has 9 nitrogen and oxygen atoms in total. The van der Waals surface area contributed by atoms with Gasteiger partial charge in [-0.25, -0.2) is 0 Å². The Kier molecular flexibility index (Phi) is 61.9. The van der Waals surface area contributed by atoms with Crippen LogP contribution in [0.4, 0.5) is 0 Å². The second-order valence-electron chi connectivity index (χ2n) is 23.7. The van der Waals surface area contributed by atoms with Gasteiger partial charge >= 0.3 is 11.9 Å². The zero-order valence-corrected chi connectivity index (χ0v) is 55.2. The van der Waals surface area contributed by atoms with Gasteiger partial charge in [-0.1, -0.05) is 276 Å². The largest absolute Gasteiger partial charge is 0.545 e. The van der Waals surface area contributed by atoms with E-state index in [2.05, 4.69) is 148 Å². The summed E-state index contributed by atoms with van der Waals surface area (Å²) in [6.07, 6.45) is 90.9. The minimum absolute atomic E-state index is 0.142. The third-order valence-corrected chi connectivity index (χ3v) is 14.4. The lowest BCUT2D eigenvalue weighted by Crippen LogP contribution is -2.44. The van der Waals surface area contributed by atoms with Crippen molar-refractivity contribution in [1.82, 2.24) is 0 Å². The molecule has 0 aromatic rings. The predicted molar refractivity (Wildman–Crippen MR) is 361 cm³/mol. The van der Waals surface area contributed by atoms with Crippen molar-refractivity contribution in [2.24, 2.45) is 0 Å². The molecule has 0 N–H and O–H groups in total. The molecule has 484 valence electrons. The lowest BCUT2D eigenvalue weighted by Gasteiger charge is -2.26. The van der Waals surface area contributed by atoms with Crippen molar-refractivity contribution in [1.29, 1.82) is 0 Å². The molecule has 0 heterocycles. The molecule has 0 rings (SSSR count). The van der Waals surface area contributed by atoms with Crippen molar-refractivity contribution in [2.75, 3.05) is 47.5 Å². The quantitative estimate of drug-likeness (QED) is 0.0195. The van der Waals surface area contributed by atoms with Crippen LogP contribution in [0.3, 0.4) is 0 Å². The molecule has 0 fully saturated rings. The van der Waals surface area contributed by atoms with Gasteiger partial charge in [-0.15, -0.1) is 0 Å². The Morgan fingerprint density at radius 2 is 0.671 bits per heavy atom. The highest BCUT2D eigenvalue weighted by Gasteiger charge is 2.22. The van der Waals surface area contributed by atoms with E-state index in [0.717, 1.165) is 109 Å². The predicted octanol–water partition coefficient (Wildman–Crippen LogP) is 20.0. The Morgan fingerprint density at radius 3 is 1.00 bits per heavy atom. The van der Waals surface area contributed by atoms with Gasteiger partial charge in [-0.05, 0) is 116 Å². The van der Waals surface area contributed by atoms with E-state index in [1.54, 1.807) is 0 Å². The molecule has 85 heavy (non-hydrogen) atoms. The van der Waals surface area contributed by atoms with E-state index in [1.807, 2.05) is 21.1 Å². The molecule has 9 heteroatoms. The molecule has 0 aliphatic carbocycles. The van der Waals surface area contributed by atoms with Crippen molar-refractivity contribution >= 4 is 17.9 Å². The average molecular weight is 1180 g/mol. The van der Waals surface area contributed by atoms with Crippen molar-refractivity contribution in [2.45, 2.75) is 283 Å². The number of quaternary nitrogens is 1.